The molecule has 176 valence electrons. The first-order valence-electron chi connectivity index (χ1n) is 11.5. The van der Waals surface area contributed by atoms with E-state index in [9.17, 15) is 0 Å². The number of ether oxygens (including phenoxy) is 4. The monoisotopic (exact) mass is 451 g/mol. The summed E-state index contributed by atoms with van der Waals surface area (Å²) < 4.78 is 22.4. The van der Waals surface area contributed by atoms with E-state index in [4.69, 9.17) is 28.9 Å². The summed E-state index contributed by atoms with van der Waals surface area (Å²) >= 11 is 0. The number of hydrogen-bond donors (Lipinski definition) is 0. The fraction of sp³-hybridized carbons (Fsp3) is 0.462. The number of methoxy groups -OCH3 is 3. The second-order valence-electron chi connectivity index (χ2n) is 8.74. The van der Waals surface area contributed by atoms with Gasteiger partial charge < -0.3 is 23.8 Å². The molecular weight excluding hydrogens is 418 g/mol. The summed E-state index contributed by atoms with van der Waals surface area (Å²) in [6.45, 7) is 9.02. The third kappa shape index (κ3) is 4.63. The number of piperidine rings is 1. The van der Waals surface area contributed by atoms with Gasteiger partial charge in [0.25, 0.3) is 0 Å². The van der Waals surface area contributed by atoms with Gasteiger partial charge in [-0.2, -0.15) is 0 Å². The summed E-state index contributed by atoms with van der Waals surface area (Å²) in [5.74, 6) is 5.42. The molecule has 2 atom stereocenters. The number of fused-ring (bicyclic) bond motifs is 1. The van der Waals surface area contributed by atoms with Crippen molar-refractivity contribution in [3.63, 3.8) is 0 Å². The van der Waals surface area contributed by atoms with Gasteiger partial charge in [-0.15, -0.1) is 0 Å². The van der Waals surface area contributed by atoms with E-state index in [0.29, 0.717) is 47.3 Å². The molecule has 0 bridgehead atoms. The highest BCUT2D eigenvalue weighted by atomic mass is 16.5. The lowest BCUT2D eigenvalue weighted by molar-refractivity contribution is 0.311. The summed E-state index contributed by atoms with van der Waals surface area (Å²) in [6, 6.07) is 9.70. The van der Waals surface area contributed by atoms with Crippen LogP contribution in [-0.2, 0) is 0 Å². The second-order valence-corrected chi connectivity index (χ2v) is 8.74. The number of hydrogen-bond acceptors (Lipinski definition) is 7. The molecule has 2 heterocycles. The average Bonchev–Trinajstić information content (AvgIpc) is 2.82. The summed E-state index contributed by atoms with van der Waals surface area (Å²) in [5.41, 5.74) is 1.68. The first kappa shape index (κ1) is 23.0. The van der Waals surface area contributed by atoms with Crippen LogP contribution in [-0.4, -0.2) is 51.0 Å². The molecule has 0 amide bonds. The first-order chi connectivity index (χ1) is 16.0. The van der Waals surface area contributed by atoms with E-state index in [1.807, 2.05) is 37.3 Å². The number of nitrogens with zero attached hydrogens (tertiary/aromatic N) is 3. The molecule has 0 radical (unpaired) electrons. The highest BCUT2D eigenvalue weighted by Gasteiger charge is 2.26. The van der Waals surface area contributed by atoms with Gasteiger partial charge in [-0.1, -0.05) is 13.8 Å². The summed E-state index contributed by atoms with van der Waals surface area (Å²) in [7, 11) is 4.92. The van der Waals surface area contributed by atoms with Gasteiger partial charge in [0.2, 0.25) is 0 Å². The van der Waals surface area contributed by atoms with E-state index < -0.39 is 0 Å². The van der Waals surface area contributed by atoms with Crippen LogP contribution in [0.15, 0.2) is 30.3 Å². The molecular formula is C26H33N3O4. The van der Waals surface area contributed by atoms with Crippen LogP contribution >= 0.6 is 0 Å². The highest BCUT2D eigenvalue weighted by Crippen LogP contribution is 2.39. The number of benzene rings is 2. The van der Waals surface area contributed by atoms with Crippen LogP contribution in [0.2, 0.25) is 0 Å². The van der Waals surface area contributed by atoms with Crippen LogP contribution in [0.25, 0.3) is 22.3 Å². The van der Waals surface area contributed by atoms with Crippen molar-refractivity contribution in [2.75, 3.05) is 45.9 Å². The Bertz CT molecular complexity index is 1120. The maximum absolute atomic E-state index is 5.83. The van der Waals surface area contributed by atoms with Crippen molar-refractivity contribution >= 4 is 16.7 Å². The maximum Gasteiger partial charge on any atom is 0.163 e. The van der Waals surface area contributed by atoms with E-state index in [1.165, 1.54) is 6.42 Å². The standard InChI is InChI=1S/C26H33N3O4/c1-7-33-24-13-20-19(12-23(24)32-6)26(29-14-16(2)10-17(3)15-29)28-25(27-20)18-8-9-21(30-4)22(11-18)31-5/h8-9,11-13,16-17H,7,10,14-15H2,1-6H3/t16-,17-/m0/s1. The predicted molar refractivity (Wildman–Crippen MR) is 131 cm³/mol. The van der Waals surface area contributed by atoms with E-state index >= 15 is 0 Å². The van der Waals surface area contributed by atoms with Crippen molar-refractivity contribution in [3.05, 3.63) is 30.3 Å². The van der Waals surface area contributed by atoms with Gasteiger partial charge in [-0.05, 0) is 49.4 Å². The average molecular weight is 452 g/mol. The molecule has 0 spiro atoms. The molecule has 1 fully saturated rings. The maximum atomic E-state index is 5.83. The minimum atomic E-state index is 0.545. The van der Waals surface area contributed by atoms with Crippen molar-refractivity contribution in [2.45, 2.75) is 27.2 Å². The lowest BCUT2D eigenvalue weighted by atomic mass is 9.91. The van der Waals surface area contributed by atoms with Gasteiger partial charge >= 0.3 is 0 Å². The van der Waals surface area contributed by atoms with Crippen LogP contribution in [0.1, 0.15) is 27.2 Å². The molecule has 33 heavy (non-hydrogen) atoms. The van der Waals surface area contributed by atoms with Gasteiger partial charge in [-0.3, -0.25) is 0 Å². The first-order valence-corrected chi connectivity index (χ1v) is 11.5. The van der Waals surface area contributed by atoms with Crippen molar-refractivity contribution < 1.29 is 18.9 Å². The minimum absolute atomic E-state index is 0.545. The summed E-state index contributed by atoms with van der Waals surface area (Å²) in [4.78, 5) is 12.4. The van der Waals surface area contributed by atoms with Crippen LogP contribution in [0.4, 0.5) is 5.82 Å². The van der Waals surface area contributed by atoms with Gasteiger partial charge in [0.05, 0.1) is 33.5 Å². The van der Waals surface area contributed by atoms with E-state index in [0.717, 1.165) is 35.4 Å². The van der Waals surface area contributed by atoms with Crippen molar-refractivity contribution in [1.29, 1.82) is 0 Å². The molecule has 1 aliphatic rings. The molecule has 2 aromatic carbocycles. The zero-order valence-electron chi connectivity index (χ0n) is 20.3. The van der Waals surface area contributed by atoms with Gasteiger partial charge in [0.15, 0.2) is 28.8 Å². The number of rotatable bonds is 7. The number of aromatic nitrogens is 2. The Kier molecular flexibility index (Phi) is 6.77. The Morgan fingerprint density at radius 3 is 2.15 bits per heavy atom. The van der Waals surface area contributed by atoms with E-state index in [-0.39, 0.29) is 0 Å². The molecule has 7 heteroatoms. The minimum Gasteiger partial charge on any atom is -0.493 e. The van der Waals surface area contributed by atoms with Crippen LogP contribution in [0, 0.1) is 11.8 Å². The molecule has 7 nitrogen and oxygen atoms in total. The van der Waals surface area contributed by atoms with Gasteiger partial charge in [-0.25, -0.2) is 9.97 Å². The van der Waals surface area contributed by atoms with Crippen molar-refractivity contribution in [1.82, 2.24) is 9.97 Å². The summed E-state index contributed by atoms with van der Waals surface area (Å²) in [6.07, 6.45) is 1.22. The second kappa shape index (κ2) is 9.73. The molecule has 4 rings (SSSR count). The Morgan fingerprint density at radius 2 is 1.52 bits per heavy atom. The topological polar surface area (TPSA) is 65.9 Å². The predicted octanol–water partition coefficient (Wildman–Crippen LogP) is 5.20. The number of anilines is 1. The van der Waals surface area contributed by atoms with Crippen LogP contribution in [0.3, 0.4) is 0 Å². The molecule has 1 aliphatic heterocycles. The van der Waals surface area contributed by atoms with Gasteiger partial charge in [0, 0.05) is 30.1 Å². The van der Waals surface area contributed by atoms with Crippen LogP contribution < -0.4 is 23.8 Å². The van der Waals surface area contributed by atoms with Crippen molar-refractivity contribution in [3.8, 4) is 34.4 Å². The fourth-order valence-corrected chi connectivity index (χ4v) is 4.73. The molecule has 0 aliphatic carbocycles. The highest BCUT2D eigenvalue weighted by molar-refractivity contribution is 5.93. The Hall–Kier alpha value is -3.22. The molecule has 0 saturated carbocycles. The van der Waals surface area contributed by atoms with E-state index in [1.54, 1.807) is 21.3 Å². The fourth-order valence-electron chi connectivity index (χ4n) is 4.73. The van der Waals surface area contributed by atoms with E-state index in [2.05, 4.69) is 18.7 Å². The Morgan fingerprint density at radius 1 is 0.848 bits per heavy atom. The zero-order valence-corrected chi connectivity index (χ0v) is 20.3. The summed E-state index contributed by atoms with van der Waals surface area (Å²) in [5, 5.41) is 0.959. The smallest absolute Gasteiger partial charge is 0.163 e. The zero-order chi connectivity index (χ0) is 23.5. The molecule has 0 unspecified atom stereocenters. The largest absolute Gasteiger partial charge is 0.493 e. The van der Waals surface area contributed by atoms with Crippen LogP contribution in [0.5, 0.6) is 23.0 Å². The molecule has 1 aromatic heterocycles. The normalized spacial score (nSPS) is 18.3. The molecule has 1 saturated heterocycles. The molecule has 0 N–H and O–H groups in total. The Balaban J connectivity index is 1.93. The third-order valence-electron chi connectivity index (χ3n) is 6.07. The lowest BCUT2D eigenvalue weighted by Crippen LogP contribution is -2.39. The Labute approximate surface area is 195 Å². The SMILES string of the molecule is CCOc1cc2nc(-c3ccc(OC)c(OC)c3)nc(N3C[C@@H](C)C[C@H](C)C3)c2cc1OC. The molecule has 3 aromatic rings. The lowest BCUT2D eigenvalue weighted by Gasteiger charge is -2.36. The van der Waals surface area contributed by atoms with Gasteiger partial charge in [0.1, 0.15) is 5.82 Å². The van der Waals surface area contributed by atoms with Crippen molar-refractivity contribution in [2.24, 2.45) is 11.8 Å². The quantitative estimate of drug-likeness (QED) is 0.489. The third-order valence-corrected chi connectivity index (χ3v) is 6.07.